The third-order valence-corrected chi connectivity index (χ3v) is 10.8. The van der Waals surface area contributed by atoms with Crippen molar-refractivity contribution in [2.24, 2.45) is 0 Å². The van der Waals surface area contributed by atoms with Crippen LogP contribution in [-0.4, -0.2) is 43.8 Å². The minimum absolute atomic E-state index is 0.0246. The Labute approximate surface area is 285 Å². The highest BCUT2D eigenvalue weighted by molar-refractivity contribution is 7.92. The number of hydrogen-bond donors (Lipinski definition) is 1. The normalized spacial score (nSPS) is 14.3. The minimum atomic E-state index is -4.28. The SMILES string of the molecule is O=C(NC1CCCCC1)[C@@H](Cc1ccccc1)N(Cc1ccc(F)cc1)C(=O)CN(c1ccc(Cl)c(Cl)c1)S(=O)(=O)c1ccccc1. The second kappa shape index (κ2) is 15.8. The second-order valence-electron chi connectivity index (χ2n) is 11.6. The van der Waals surface area contributed by atoms with Crippen LogP contribution in [0.3, 0.4) is 0 Å². The molecule has 5 rings (SSSR count). The summed E-state index contributed by atoms with van der Waals surface area (Å²) in [6.45, 7) is -0.701. The number of hydrogen-bond acceptors (Lipinski definition) is 4. The summed E-state index contributed by atoms with van der Waals surface area (Å²) in [5, 5.41) is 3.50. The lowest BCUT2D eigenvalue weighted by molar-refractivity contribution is -0.140. The molecule has 1 fully saturated rings. The summed E-state index contributed by atoms with van der Waals surface area (Å²) in [5.74, 6) is -1.40. The third kappa shape index (κ3) is 8.91. The first-order valence-electron chi connectivity index (χ1n) is 15.5. The monoisotopic (exact) mass is 695 g/mol. The number of halogens is 3. The highest BCUT2D eigenvalue weighted by Crippen LogP contribution is 2.31. The molecule has 7 nitrogen and oxygen atoms in total. The van der Waals surface area contributed by atoms with Crippen molar-refractivity contribution in [1.82, 2.24) is 10.2 Å². The Morgan fingerprint density at radius 1 is 0.809 bits per heavy atom. The first-order valence-corrected chi connectivity index (χ1v) is 17.7. The Morgan fingerprint density at radius 2 is 1.45 bits per heavy atom. The quantitative estimate of drug-likeness (QED) is 0.167. The molecule has 4 aromatic carbocycles. The van der Waals surface area contributed by atoms with Crippen LogP contribution in [0, 0.1) is 5.82 Å². The maximum absolute atomic E-state index is 14.6. The fourth-order valence-corrected chi connectivity index (χ4v) is 7.49. The van der Waals surface area contributed by atoms with Gasteiger partial charge in [-0.05, 0) is 66.4 Å². The summed E-state index contributed by atoms with van der Waals surface area (Å²) >= 11 is 12.5. The van der Waals surface area contributed by atoms with Crippen molar-refractivity contribution in [1.29, 1.82) is 0 Å². The van der Waals surface area contributed by atoms with Crippen LogP contribution in [0.4, 0.5) is 10.1 Å². The molecule has 1 atom stereocenters. The van der Waals surface area contributed by atoms with E-state index >= 15 is 0 Å². The maximum Gasteiger partial charge on any atom is 0.264 e. The predicted octanol–water partition coefficient (Wildman–Crippen LogP) is 7.42. The van der Waals surface area contributed by atoms with E-state index in [2.05, 4.69) is 5.32 Å². The standard InChI is InChI=1S/C36H36Cl2FN3O4S/c37-32-21-20-30(23-33(32)38)42(47(45,46)31-14-8-3-9-15-31)25-35(43)41(24-27-16-18-28(39)19-17-27)34(22-26-10-4-1-5-11-26)36(44)40-29-12-6-2-7-13-29/h1,3-5,8-11,14-21,23,29,34H,2,6-7,12-13,22,24-25H2,(H,40,44)/t34-/m1/s1. The van der Waals surface area contributed by atoms with Crippen molar-refractivity contribution in [3.63, 3.8) is 0 Å². The topological polar surface area (TPSA) is 86.8 Å². The Kier molecular flexibility index (Phi) is 11.6. The van der Waals surface area contributed by atoms with Gasteiger partial charge in [-0.1, -0.05) is 103 Å². The van der Waals surface area contributed by atoms with Crippen LogP contribution >= 0.6 is 23.2 Å². The van der Waals surface area contributed by atoms with E-state index in [9.17, 15) is 22.4 Å². The van der Waals surface area contributed by atoms with Crippen LogP contribution in [0.15, 0.2) is 108 Å². The summed E-state index contributed by atoms with van der Waals surface area (Å²) in [6.07, 6.45) is 4.98. The largest absolute Gasteiger partial charge is 0.352 e. The van der Waals surface area contributed by atoms with E-state index in [1.807, 2.05) is 30.3 Å². The van der Waals surface area contributed by atoms with Crippen LogP contribution in [0.25, 0.3) is 0 Å². The highest BCUT2D eigenvalue weighted by Gasteiger charge is 2.35. The molecular weight excluding hydrogens is 660 g/mol. The van der Waals surface area contributed by atoms with E-state index in [0.29, 0.717) is 5.56 Å². The van der Waals surface area contributed by atoms with Crippen molar-refractivity contribution in [2.45, 2.75) is 62.0 Å². The second-order valence-corrected chi connectivity index (χ2v) is 14.3. The molecule has 0 saturated heterocycles. The lowest BCUT2D eigenvalue weighted by atomic mass is 9.94. The molecule has 47 heavy (non-hydrogen) atoms. The molecule has 4 aromatic rings. The number of rotatable bonds is 12. The number of carbonyl (C=O) groups is 2. The lowest BCUT2D eigenvalue weighted by Crippen LogP contribution is -2.55. The van der Waals surface area contributed by atoms with Crippen molar-refractivity contribution in [2.75, 3.05) is 10.8 Å². The van der Waals surface area contributed by atoms with E-state index in [1.54, 1.807) is 30.3 Å². The summed E-state index contributed by atoms with van der Waals surface area (Å²) in [5.41, 5.74) is 1.53. The van der Waals surface area contributed by atoms with Gasteiger partial charge in [0, 0.05) is 19.0 Å². The molecule has 2 amide bonds. The molecule has 0 aliphatic heterocycles. The van der Waals surface area contributed by atoms with E-state index in [-0.39, 0.29) is 45.5 Å². The third-order valence-electron chi connectivity index (χ3n) is 8.29. The average Bonchev–Trinajstić information content (AvgIpc) is 3.08. The van der Waals surface area contributed by atoms with Gasteiger partial charge >= 0.3 is 0 Å². The number of carbonyl (C=O) groups excluding carboxylic acids is 2. The number of amides is 2. The van der Waals surface area contributed by atoms with Crippen LogP contribution in [0.2, 0.25) is 10.0 Å². The van der Waals surface area contributed by atoms with E-state index in [1.165, 1.54) is 47.4 Å². The van der Waals surface area contributed by atoms with E-state index in [4.69, 9.17) is 23.2 Å². The zero-order valence-electron chi connectivity index (χ0n) is 25.7. The molecule has 1 N–H and O–H groups in total. The molecule has 0 radical (unpaired) electrons. The molecule has 0 aromatic heterocycles. The molecule has 0 bridgehead atoms. The highest BCUT2D eigenvalue weighted by atomic mass is 35.5. The van der Waals surface area contributed by atoms with Gasteiger partial charge in [0.25, 0.3) is 10.0 Å². The van der Waals surface area contributed by atoms with Crippen molar-refractivity contribution in [3.8, 4) is 0 Å². The van der Waals surface area contributed by atoms with Gasteiger partial charge in [0.05, 0.1) is 20.6 Å². The molecular formula is C36H36Cl2FN3O4S. The van der Waals surface area contributed by atoms with Crippen molar-refractivity contribution < 1.29 is 22.4 Å². The van der Waals surface area contributed by atoms with Gasteiger partial charge in [0.2, 0.25) is 11.8 Å². The Hall–Kier alpha value is -3.92. The fraction of sp³-hybridized carbons (Fsp3) is 0.278. The molecule has 11 heteroatoms. The lowest BCUT2D eigenvalue weighted by Gasteiger charge is -2.35. The zero-order valence-corrected chi connectivity index (χ0v) is 28.0. The zero-order chi connectivity index (χ0) is 33.4. The molecule has 0 spiro atoms. The Balaban J connectivity index is 1.56. The van der Waals surface area contributed by atoms with Gasteiger partial charge in [-0.3, -0.25) is 13.9 Å². The summed E-state index contributed by atoms with van der Waals surface area (Å²) in [4.78, 5) is 30.1. The number of nitrogens with zero attached hydrogens (tertiary/aromatic N) is 2. The number of benzene rings is 4. The molecule has 0 unspecified atom stereocenters. The average molecular weight is 697 g/mol. The van der Waals surface area contributed by atoms with Crippen LogP contribution in [0.5, 0.6) is 0 Å². The minimum Gasteiger partial charge on any atom is -0.352 e. The van der Waals surface area contributed by atoms with Crippen LogP contribution in [-0.2, 0) is 32.6 Å². The number of nitrogens with one attached hydrogen (secondary N) is 1. The molecule has 0 heterocycles. The van der Waals surface area contributed by atoms with Gasteiger partial charge in [0.1, 0.15) is 18.4 Å². The molecule has 246 valence electrons. The number of anilines is 1. The summed E-state index contributed by atoms with van der Waals surface area (Å²) < 4.78 is 43.1. The van der Waals surface area contributed by atoms with Gasteiger partial charge < -0.3 is 10.2 Å². The molecule has 1 saturated carbocycles. The summed E-state index contributed by atoms with van der Waals surface area (Å²) in [7, 11) is -4.28. The molecule has 1 aliphatic carbocycles. The van der Waals surface area contributed by atoms with Gasteiger partial charge in [-0.2, -0.15) is 0 Å². The van der Waals surface area contributed by atoms with Crippen molar-refractivity contribution in [3.05, 3.63) is 130 Å². The van der Waals surface area contributed by atoms with E-state index < -0.39 is 34.3 Å². The smallest absolute Gasteiger partial charge is 0.264 e. The van der Waals surface area contributed by atoms with E-state index in [0.717, 1.165) is 42.0 Å². The van der Waals surface area contributed by atoms with Crippen LogP contribution < -0.4 is 9.62 Å². The number of sulfonamides is 1. The Morgan fingerprint density at radius 3 is 2.09 bits per heavy atom. The fourth-order valence-electron chi connectivity index (χ4n) is 5.77. The predicted molar refractivity (Wildman–Crippen MR) is 183 cm³/mol. The Bertz CT molecular complexity index is 1770. The molecule has 1 aliphatic rings. The first kappa shape index (κ1) is 34.4. The van der Waals surface area contributed by atoms with Gasteiger partial charge in [0.15, 0.2) is 0 Å². The van der Waals surface area contributed by atoms with Crippen LogP contribution in [0.1, 0.15) is 43.2 Å². The summed E-state index contributed by atoms with van der Waals surface area (Å²) in [6, 6.07) is 26.1. The van der Waals surface area contributed by atoms with Gasteiger partial charge in [-0.25, -0.2) is 12.8 Å². The van der Waals surface area contributed by atoms with Crippen molar-refractivity contribution >= 4 is 50.7 Å². The first-order chi connectivity index (χ1) is 22.6. The van der Waals surface area contributed by atoms with Gasteiger partial charge in [-0.15, -0.1) is 0 Å². The maximum atomic E-state index is 14.6.